The number of hydrogen-bond donors (Lipinski definition) is 2. The van der Waals surface area contributed by atoms with Crippen LogP contribution >= 0.6 is 0 Å². The molecule has 0 saturated heterocycles. The van der Waals surface area contributed by atoms with Crippen LogP contribution in [-0.4, -0.2) is 37.9 Å². The third-order valence-corrected chi connectivity index (χ3v) is 5.50. The molecule has 0 radical (unpaired) electrons. The van der Waals surface area contributed by atoms with Crippen LogP contribution in [0.4, 0.5) is 5.69 Å². The van der Waals surface area contributed by atoms with Gasteiger partial charge < -0.3 is 10.1 Å². The molecule has 2 aromatic carbocycles. The van der Waals surface area contributed by atoms with E-state index in [1.165, 1.54) is 32.2 Å². The Labute approximate surface area is 170 Å². The molecule has 0 saturated carbocycles. The van der Waals surface area contributed by atoms with Gasteiger partial charge in [0.15, 0.2) is 0 Å². The summed E-state index contributed by atoms with van der Waals surface area (Å²) in [6.45, 7) is 1.42. The Bertz CT molecular complexity index is 943. The lowest BCUT2D eigenvalue weighted by Gasteiger charge is -2.24. The number of anilines is 1. The zero-order chi connectivity index (χ0) is 21.4. The summed E-state index contributed by atoms with van der Waals surface area (Å²) in [4.78, 5) is 24.3. The van der Waals surface area contributed by atoms with E-state index in [0.717, 1.165) is 11.6 Å². The van der Waals surface area contributed by atoms with Crippen molar-refractivity contribution in [2.45, 2.75) is 37.2 Å². The Morgan fingerprint density at radius 2 is 1.79 bits per heavy atom. The van der Waals surface area contributed by atoms with Gasteiger partial charge in [-0.05, 0) is 43.5 Å². The molecule has 0 aliphatic carbocycles. The Morgan fingerprint density at radius 3 is 2.38 bits per heavy atom. The number of aryl methyl sites for hydroxylation is 1. The van der Waals surface area contributed by atoms with Crippen LogP contribution in [0, 0.1) is 5.92 Å². The summed E-state index contributed by atoms with van der Waals surface area (Å²) in [6.07, 6.45) is 0.762. The quantitative estimate of drug-likeness (QED) is 0.573. The fourth-order valence-electron chi connectivity index (χ4n) is 3.12. The molecule has 0 spiro atoms. The zero-order valence-corrected chi connectivity index (χ0v) is 17.2. The van der Waals surface area contributed by atoms with Crippen LogP contribution < -0.4 is 5.32 Å². The maximum Gasteiger partial charge on any atom is 0.294 e. The number of rotatable bonds is 10. The number of ketones is 1. The van der Waals surface area contributed by atoms with E-state index >= 15 is 0 Å². The van der Waals surface area contributed by atoms with E-state index in [4.69, 9.17) is 9.29 Å². The molecule has 7 nitrogen and oxygen atoms in total. The average Bonchev–Trinajstić information content (AvgIpc) is 2.67. The maximum atomic E-state index is 12.5. The first kappa shape index (κ1) is 22.7. The van der Waals surface area contributed by atoms with E-state index in [0.29, 0.717) is 12.8 Å². The van der Waals surface area contributed by atoms with Gasteiger partial charge >= 0.3 is 0 Å². The third kappa shape index (κ3) is 7.08. The minimum Gasteiger partial charge on any atom is -0.381 e. The molecule has 0 fully saturated rings. The number of methoxy groups -OCH3 is 1. The van der Waals surface area contributed by atoms with E-state index < -0.39 is 28.0 Å². The average molecular weight is 419 g/mol. The number of amides is 1. The second kappa shape index (κ2) is 10.3. The molecular formula is C21H25NO6S. The van der Waals surface area contributed by atoms with Crippen LogP contribution in [0.25, 0.3) is 0 Å². The van der Waals surface area contributed by atoms with Crippen molar-refractivity contribution in [1.82, 2.24) is 0 Å². The van der Waals surface area contributed by atoms with Gasteiger partial charge in [0.1, 0.15) is 5.78 Å². The highest BCUT2D eigenvalue weighted by Crippen LogP contribution is 2.21. The second-order valence-corrected chi connectivity index (χ2v) is 8.19. The summed E-state index contributed by atoms with van der Waals surface area (Å²) in [5, 5.41) is 2.57. The summed E-state index contributed by atoms with van der Waals surface area (Å²) in [5.41, 5.74) is 1.33. The number of hydrogen-bond acceptors (Lipinski definition) is 5. The first-order valence-corrected chi connectivity index (χ1v) is 10.6. The third-order valence-electron chi connectivity index (χ3n) is 4.66. The van der Waals surface area contributed by atoms with Gasteiger partial charge in [-0.25, -0.2) is 0 Å². The van der Waals surface area contributed by atoms with Gasteiger partial charge in [0.25, 0.3) is 10.1 Å². The van der Waals surface area contributed by atoms with Crippen LogP contribution in [0.1, 0.15) is 25.3 Å². The fraction of sp³-hybridized carbons (Fsp3) is 0.333. The van der Waals surface area contributed by atoms with Crippen LogP contribution in [0.3, 0.4) is 0 Å². The molecule has 2 atom stereocenters. The molecule has 2 aromatic rings. The highest BCUT2D eigenvalue weighted by atomic mass is 32.2. The molecule has 8 heteroatoms. The smallest absolute Gasteiger partial charge is 0.294 e. The normalized spacial score (nSPS) is 13.5. The lowest BCUT2D eigenvalue weighted by atomic mass is 9.90. The summed E-state index contributed by atoms with van der Waals surface area (Å²) in [5.74, 6) is -1.24. The number of benzene rings is 2. The van der Waals surface area contributed by atoms with E-state index in [1.54, 1.807) is 0 Å². The van der Waals surface area contributed by atoms with E-state index in [2.05, 4.69) is 5.32 Å². The molecule has 2 rings (SSSR count). The lowest BCUT2D eigenvalue weighted by molar-refractivity contribution is -0.130. The lowest BCUT2D eigenvalue weighted by Crippen LogP contribution is -2.32. The Morgan fingerprint density at radius 1 is 1.10 bits per heavy atom. The molecule has 0 aromatic heterocycles. The SMILES string of the molecule is COC(CCc1ccccc1)C(CC(=O)Nc1cccc(S(=O)(=O)O)c1)C(C)=O. The maximum absolute atomic E-state index is 12.5. The van der Waals surface area contributed by atoms with Crippen LogP contribution in [-0.2, 0) is 30.9 Å². The van der Waals surface area contributed by atoms with Gasteiger partial charge in [-0.2, -0.15) is 8.42 Å². The van der Waals surface area contributed by atoms with Gasteiger partial charge in [0.05, 0.1) is 16.9 Å². The highest BCUT2D eigenvalue weighted by molar-refractivity contribution is 7.85. The number of carbonyl (C=O) groups is 2. The van der Waals surface area contributed by atoms with E-state index in [-0.39, 0.29) is 22.8 Å². The van der Waals surface area contributed by atoms with Gasteiger partial charge in [0.2, 0.25) is 5.91 Å². The fourth-order valence-corrected chi connectivity index (χ4v) is 3.65. The molecule has 1 amide bonds. The van der Waals surface area contributed by atoms with Crippen molar-refractivity contribution in [2.24, 2.45) is 5.92 Å². The summed E-state index contributed by atoms with van der Waals surface area (Å²) in [6, 6.07) is 15.1. The van der Waals surface area contributed by atoms with Crippen molar-refractivity contribution in [3.05, 3.63) is 60.2 Å². The summed E-state index contributed by atoms with van der Waals surface area (Å²) < 4.78 is 37.1. The second-order valence-electron chi connectivity index (χ2n) is 6.77. The van der Waals surface area contributed by atoms with Gasteiger partial charge in [-0.1, -0.05) is 36.4 Å². The predicted octanol–water partition coefficient (Wildman–Crippen LogP) is 3.11. The molecule has 0 heterocycles. The van der Waals surface area contributed by atoms with Crippen LogP contribution in [0.2, 0.25) is 0 Å². The number of carbonyl (C=O) groups excluding carboxylic acids is 2. The van der Waals surface area contributed by atoms with Crippen molar-refractivity contribution >= 4 is 27.5 Å². The molecule has 2 unspecified atom stereocenters. The Hall–Kier alpha value is -2.55. The largest absolute Gasteiger partial charge is 0.381 e. The number of Topliss-reactive ketones (excluding diaryl/α,β-unsaturated/α-hetero) is 1. The van der Waals surface area contributed by atoms with E-state index in [9.17, 15) is 18.0 Å². The van der Waals surface area contributed by atoms with E-state index in [1.807, 2.05) is 30.3 Å². The number of ether oxygens (including phenoxy) is 1. The van der Waals surface area contributed by atoms with Crippen LogP contribution in [0.15, 0.2) is 59.5 Å². The van der Waals surface area contributed by atoms with Crippen molar-refractivity contribution in [2.75, 3.05) is 12.4 Å². The van der Waals surface area contributed by atoms with Crippen LogP contribution in [0.5, 0.6) is 0 Å². The molecule has 0 aliphatic heterocycles. The van der Waals surface area contributed by atoms with Gasteiger partial charge in [-0.15, -0.1) is 0 Å². The van der Waals surface area contributed by atoms with Gasteiger partial charge in [-0.3, -0.25) is 14.1 Å². The molecule has 0 bridgehead atoms. The molecule has 0 aliphatic rings. The molecular weight excluding hydrogens is 394 g/mol. The zero-order valence-electron chi connectivity index (χ0n) is 16.4. The monoisotopic (exact) mass is 419 g/mol. The van der Waals surface area contributed by atoms with Crippen molar-refractivity contribution in [3.8, 4) is 0 Å². The molecule has 29 heavy (non-hydrogen) atoms. The van der Waals surface area contributed by atoms with Crippen molar-refractivity contribution in [1.29, 1.82) is 0 Å². The summed E-state index contributed by atoms with van der Waals surface area (Å²) >= 11 is 0. The first-order valence-electron chi connectivity index (χ1n) is 9.15. The van der Waals surface area contributed by atoms with Crippen molar-refractivity contribution < 1.29 is 27.3 Å². The predicted molar refractivity (Wildman–Crippen MR) is 109 cm³/mol. The Balaban J connectivity index is 2.04. The topological polar surface area (TPSA) is 110 Å². The highest BCUT2D eigenvalue weighted by Gasteiger charge is 2.28. The minimum atomic E-state index is -4.37. The molecule has 2 N–H and O–H groups in total. The standard InChI is InChI=1S/C21H25NO6S/c1-15(23)19(20(28-2)12-11-16-7-4-3-5-8-16)14-21(24)22-17-9-6-10-18(13-17)29(25,26)27/h3-10,13,19-20H,11-12,14H2,1-2H3,(H,22,24)(H,25,26,27). The first-order chi connectivity index (χ1) is 13.7. The van der Waals surface area contributed by atoms with Gasteiger partial charge in [0, 0.05) is 19.2 Å². The minimum absolute atomic E-state index is 0.0985. The molecule has 156 valence electrons. The number of nitrogens with one attached hydrogen (secondary N) is 1. The Kier molecular flexibility index (Phi) is 8.07. The summed E-state index contributed by atoms with van der Waals surface area (Å²) in [7, 11) is -2.86. The van der Waals surface area contributed by atoms with Crippen molar-refractivity contribution in [3.63, 3.8) is 0 Å².